The molecule has 3 aromatic carbocycles. The third kappa shape index (κ3) is 5.83. The van der Waals surface area contributed by atoms with E-state index < -0.39 is 0 Å². The zero-order valence-corrected chi connectivity index (χ0v) is 21.4. The summed E-state index contributed by atoms with van der Waals surface area (Å²) in [5, 5.41) is 4.74. The van der Waals surface area contributed by atoms with E-state index in [9.17, 15) is 14.4 Å². The molecule has 5 heteroatoms. The molecule has 0 radical (unpaired) electrons. The van der Waals surface area contributed by atoms with Crippen LogP contribution in [0.2, 0.25) is 0 Å². The number of unbranched alkanes of at least 4 members (excludes halogenated alkanes) is 2. The highest BCUT2D eigenvalue weighted by molar-refractivity contribution is 6.18. The van der Waals surface area contributed by atoms with Crippen LogP contribution < -0.4 is 0 Å². The van der Waals surface area contributed by atoms with Gasteiger partial charge in [0.2, 0.25) is 0 Å². The van der Waals surface area contributed by atoms with Crippen LogP contribution in [0.5, 0.6) is 0 Å². The lowest BCUT2D eigenvalue weighted by Crippen LogP contribution is -2.10. The first-order valence-electron chi connectivity index (χ1n) is 13.0. The zero-order valence-electron chi connectivity index (χ0n) is 21.4. The van der Waals surface area contributed by atoms with Crippen molar-refractivity contribution in [3.63, 3.8) is 0 Å². The summed E-state index contributed by atoms with van der Waals surface area (Å²) >= 11 is 0. The summed E-state index contributed by atoms with van der Waals surface area (Å²) in [7, 11) is 0. The molecule has 0 fully saturated rings. The molecular weight excluding hydrogens is 460 g/mol. The van der Waals surface area contributed by atoms with Crippen molar-refractivity contribution in [2.75, 3.05) is 0 Å². The van der Waals surface area contributed by atoms with E-state index in [-0.39, 0.29) is 23.0 Å². The van der Waals surface area contributed by atoms with Gasteiger partial charge >= 0.3 is 0 Å². The molecule has 0 unspecified atom stereocenters. The van der Waals surface area contributed by atoms with Gasteiger partial charge in [0, 0.05) is 29.5 Å². The maximum Gasteiger partial charge on any atom is 0.197 e. The molecular formula is C32H32N2O3. The second-order valence-electron chi connectivity index (χ2n) is 9.15. The van der Waals surface area contributed by atoms with Crippen LogP contribution in [0.25, 0.3) is 16.9 Å². The van der Waals surface area contributed by atoms with E-state index in [1.807, 2.05) is 67.6 Å². The van der Waals surface area contributed by atoms with Gasteiger partial charge in [0.25, 0.3) is 0 Å². The maximum atomic E-state index is 13.9. The fourth-order valence-electron chi connectivity index (χ4n) is 4.34. The first kappa shape index (κ1) is 26.0. The number of Topliss-reactive ketones (excluding diaryl/α,β-unsaturated/α-hetero) is 2. The predicted molar refractivity (Wildman–Crippen MR) is 147 cm³/mol. The highest BCUT2D eigenvalue weighted by Crippen LogP contribution is 2.32. The molecule has 0 aliphatic rings. The van der Waals surface area contributed by atoms with E-state index in [0.717, 1.165) is 31.2 Å². The van der Waals surface area contributed by atoms with Crippen molar-refractivity contribution < 1.29 is 14.4 Å². The number of hydrogen-bond acceptors (Lipinski definition) is 4. The average Bonchev–Trinajstić information content (AvgIpc) is 3.36. The van der Waals surface area contributed by atoms with Crippen LogP contribution in [-0.2, 0) is 0 Å². The van der Waals surface area contributed by atoms with Crippen LogP contribution in [0.15, 0.2) is 84.9 Å². The van der Waals surface area contributed by atoms with Gasteiger partial charge in [0.05, 0.1) is 16.9 Å². The van der Waals surface area contributed by atoms with Crippen molar-refractivity contribution in [2.24, 2.45) is 0 Å². The van der Waals surface area contributed by atoms with Gasteiger partial charge in [-0.25, -0.2) is 4.68 Å². The van der Waals surface area contributed by atoms with Gasteiger partial charge in [-0.1, -0.05) is 87.4 Å². The minimum absolute atomic E-state index is 0.104. The molecule has 0 spiro atoms. The molecule has 0 saturated heterocycles. The first-order valence-corrected chi connectivity index (χ1v) is 13.0. The van der Waals surface area contributed by atoms with Crippen LogP contribution in [0.4, 0.5) is 0 Å². The van der Waals surface area contributed by atoms with E-state index >= 15 is 0 Å². The number of ketones is 3. The summed E-state index contributed by atoms with van der Waals surface area (Å²) in [4.78, 5) is 39.8. The normalized spacial score (nSPS) is 10.9. The van der Waals surface area contributed by atoms with Crippen LogP contribution in [-0.4, -0.2) is 27.1 Å². The standard InChI is InChI=1S/C32H32N2O3/c1-3-5-17-27(35)23-19-21-26(22-20-23)34-31(24-13-9-7-10-14-24)29(30(33-34)28(36)18-6-4-2)32(37)25-15-11-8-12-16-25/h7-16,19-22H,3-6,17-18H2,1-2H3. The number of benzene rings is 3. The number of hydrogen-bond donors (Lipinski definition) is 0. The Kier molecular flexibility index (Phi) is 8.57. The number of carbonyl (C=O) groups is 3. The highest BCUT2D eigenvalue weighted by atomic mass is 16.1. The summed E-state index contributed by atoms with van der Waals surface area (Å²) < 4.78 is 1.67. The molecule has 4 rings (SSSR count). The third-order valence-electron chi connectivity index (χ3n) is 6.41. The quantitative estimate of drug-likeness (QED) is 0.192. The molecule has 0 aliphatic heterocycles. The monoisotopic (exact) mass is 492 g/mol. The molecule has 0 N–H and O–H groups in total. The van der Waals surface area contributed by atoms with Crippen molar-refractivity contribution in [3.05, 3.63) is 107 Å². The summed E-state index contributed by atoms with van der Waals surface area (Å²) in [5.41, 5.74) is 3.67. The van der Waals surface area contributed by atoms with Crippen LogP contribution >= 0.6 is 0 Å². The number of aromatic nitrogens is 2. The van der Waals surface area contributed by atoms with E-state index in [0.29, 0.717) is 40.9 Å². The smallest absolute Gasteiger partial charge is 0.197 e. The maximum absolute atomic E-state index is 13.9. The van der Waals surface area contributed by atoms with Crippen LogP contribution in [0.3, 0.4) is 0 Å². The Morgan fingerprint density at radius 2 is 1.24 bits per heavy atom. The third-order valence-corrected chi connectivity index (χ3v) is 6.41. The minimum atomic E-state index is -0.239. The highest BCUT2D eigenvalue weighted by Gasteiger charge is 2.29. The summed E-state index contributed by atoms with van der Waals surface area (Å²) in [6.07, 6.45) is 4.24. The molecule has 1 heterocycles. The second-order valence-corrected chi connectivity index (χ2v) is 9.15. The van der Waals surface area contributed by atoms with Gasteiger partial charge in [-0.3, -0.25) is 14.4 Å². The van der Waals surface area contributed by atoms with Gasteiger partial charge in [-0.15, -0.1) is 0 Å². The lowest BCUT2D eigenvalue weighted by atomic mass is 9.95. The Hall–Kier alpha value is -4.12. The Morgan fingerprint density at radius 3 is 1.84 bits per heavy atom. The van der Waals surface area contributed by atoms with Gasteiger partial charge in [0.1, 0.15) is 5.69 Å². The Morgan fingerprint density at radius 1 is 0.676 bits per heavy atom. The van der Waals surface area contributed by atoms with E-state index in [4.69, 9.17) is 5.10 Å². The molecule has 4 aromatic rings. The van der Waals surface area contributed by atoms with E-state index in [1.165, 1.54) is 0 Å². The molecule has 188 valence electrons. The molecule has 0 aliphatic carbocycles. The Bertz CT molecular complexity index is 1370. The van der Waals surface area contributed by atoms with Gasteiger partial charge in [-0.2, -0.15) is 5.10 Å². The van der Waals surface area contributed by atoms with E-state index in [1.54, 1.807) is 28.9 Å². The fourth-order valence-corrected chi connectivity index (χ4v) is 4.34. The van der Waals surface area contributed by atoms with E-state index in [2.05, 4.69) is 6.92 Å². The zero-order chi connectivity index (χ0) is 26.2. The minimum Gasteiger partial charge on any atom is -0.294 e. The Labute approximate surface area is 218 Å². The summed E-state index contributed by atoms with van der Waals surface area (Å²) in [6.45, 7) is 4.09. The molecule has 37 heavy (non-hydrogen) atoms. The molecule has 0 amide bonds. The second kappa shape index (κ2) is 12.2. The van der Waals surface area contributed by atoms with Crippen molar-refractivity contribution in [3.8, 4) is 16.9 Å². The lowest BCUT2D eigenvalue weighted by Gasteiger charge is -2.11. The number of rotatable bonds is 12. The summed E-state index contributed by atoms with van der Waals surface area (Å²) in [6, 6.07) is 25.8. The summed E-state index contributed by atoms with van der Waals surface area (Å²) in [5.74, 6) is -0.284. The lowest BCUT2D eigenvalue weighted by molar-refractivity contribution is 0.0960. The SMILES string of the molecule is CCCCC(=O)c1ccc(-n2nc(C(=O)CCCC)c(C(=O)c3ccccc3)c2-c2ccccc2)cc1. The van der Waals surface area contributed by atoms with Crippen molar-refractivity contribution >= 4 is 17.3 Å². The van der Waals surface area contributed by atoms with Crippen LogP contribution in [0.1, 0.15) is 89.1 Å². The largest absolute Gasteiger partial charge is 0.294 e. The van der Waals surface area contributed by atoms with Crippen molar-refractivity contribution in [1.29, 1.82) is 0 Å². The number of nitrogens with zero attached hydrogens (tertiary/aromatic N) is 2. The van der Waals surface area contributed by atoms with Crippen molar-refractivity contribution in [1.82, 2.24) is 9.78 Å². The molecule has 0 saturated carbocycles. The average molecular weight is 493 g/mol. The van der Waals surface area contributed by atoms with Gasteiger partial charge in [0.15, 0.2) is 17.3 Å². The molecule has 5 nitrogen and oxygen atoms in total. The first-order chi connectivity index (χ1) is 18.0. The van der Waals surface area contributed by atoms with Gasteiger partial charge < -0.3 is 0 Å². The predicted octanol–water partition coefficient (Wildman–Crippen LogP) is 7.52. The molecule has 0 bridgehead atoms. The van der Waals surface area contributed by atoms with Crippen molar-refractivity contribution in [2.45, 2.75) is 52.4 Å². The van der Waals surface area contributed by atoms with Gasteiger partial charge in [-0.05, 0) is 37.1 Å². The molecule has 0 atom stereocenters. The topological polar surface area (TPSA) is 69.0 Å². The fraction of sp³-hybridized carbons (Fsp3) is 0.250. The van der Waals surface area contributed by atoms with Crippen LogP contribution in [0, 0.1) is 0 Å². The number of carbonyl (C=O) groups excluding carboxylic acids is 3. The Balaban J connectivity index is 1.90. The molecule has 1 aromatic heterocycles.